The van der Waals surface area contributed by atoms with Crippen molar-refractivity contribution in [1.82, 2.24) is 0 Å². The summed E-state index contributed by atoms with van der Waals surface area (Å²) in [5, 5.41) is -0.103. The highest BCUT2D eigenvalue weighted by molar-refractivity contribution is 8.00. The molecule has 3 atom stereocenters. The molecule has 108 valence electrons. The van der Waals surface area contributed by atoms with Gasteiger partial charge in [-0.15, -0.1) is 11.8 Å². The van der Waals surface area contributed by atoms with Crippen molar-refractivity contribution in [1.29, 1.82) is 0 Å². The average Bonchev–Trinajstić information content (AvgIpc) is 2.49. The van der Waals surface area contributed by atoms with Gasteiger partial charge in [0.15, 0.2) is 0 Å². The number of hydrogen-bond donors (Lipinski definition) is 0. The standard InChI is InChI=1S/C15H18O4S/c1-17-10-13-14(18-2)15(11(8-16)9-19-13)20-12-6-4-3-5-7-12/h3-9,13-15H,10H2,1-2H3/t13-,14-,15+/m1/s1. The number of benzene rings is 1. The van der Waals surface area contributed by atoms with Gasteiger partial charge in [0.2, 0.25) is 0 Å². The highest BCUT2D eigenvalue weighted by Gasteiger charge is 2.37. The van der Waals surface area contributed by atoms with Gasteiger partial charge in [-0.2, -0.15) is 0 Å². The van der Waals surface area contributed by atoms with Crippen LogP contribution in [0.1, 0.15) is 0 Å². The SMILES string of the molecule is COC[C@H]1OC=C(C=O)[C@H](Sc2ccccc2)[C@@H]1OC. The summed E-state index contributed by atoms with van der Waals surface area (Å²) in [7, 11) is 3.25. The Morgan fingerprint density at radius 3 is 2.65 bits per heavy atom. The Morgan fingerprint density at radius 1 is 1.30 bits per heavy atom. The second-order valence-corrected chi connectivity index (χ2v) is 5.63. The van der Waals surface area contributed by atoms with Crippen molar-refractivity contribution >= 4 is 18.0 Å². The van der Waals surface area contributed by atoms with Crippen LogP contribution in [-0.4, -0.2) is 44.6 Å². The van der Waals surface area contributed by atoms with Crippen LogP contribution in [0.3, 0.4) is 0 Å². The van der Waals surface area contributed by atoms with Crippen molar-refractivity contribution in [2.75, 3.05) is 20.8 Å². The molecule has 0 saturated carbocycles. The van der Waals surface area contributed by atoms with Crippen LogP contribution in [0.4, 0.5) is 0 Å². The van der Waals surface area contributed by atoms with Crippen molar-refractivity contribution in [3.63, 3.8) is 0 Å². The van der Waals surface area contributed by atoms with Crippen molar-refractivity contribution in [3.8, 4) is 0 Å². The smallest absolute Gasteiger partial charge is 0.150 e. The average molecular weight is 294 g/mol. The lowest BCUT2D eigenvalue weighted by molar-refractivity contribution is -0.107. The van der Waals surface area contributed by atoms with Crippen LogP contribution < -0.4 is 0 Å². The molecule has 0 aromatic heterocycles. The molecule has 0 radical (unpaired) electrons. The van der Waals surface area contributed by atoms with Gasteiger partial charge in [0.25, 0.3) is 0 Å². The van der Waals surface area contributed by atoms with Gasteiger partial charge in [0, 0.05) is 24.7 Å². The van der Waals surface area contributed by atoms with E-state index < -0.39 is 0 Å². The van der Waals surface area contributed by atoms with Crippen molar-refractivity contribution in [3.05, 3.63) is 42.2 Å². The van der Waals surface area contributed by atoms with Gasteiger partial charge in [-0.05, 0) is 12.1 Å². The Kier molecular flexibility index (Phi) is 5.64. The molecule has 1 aliphatic rings. The predicted octanol–water partition coefficient (Wildman–Crippen LogP) is 2.29. The van der Waals surface area contributed by atoms with Gasteiger partial charge in [-0.25, -0.2) is 0 Å². The zero-order valence-corrected chi connectivity index (χ0v) is 12.3. The highest BCUT2D eigenvalue weighted by atomic mass is 32.2. The Labute approximate surface area is 123 Å². The molecule has 2 rings (SSSR count). The summed E-state index contributed by atoms with van der Waals surface area (Å²) in [6.45, 7) is 0.424. The maximum Gasteiger partial charge on any atom is 0.150 e. The van der Waals surface area contributed by atoms with Gasteiger partial charge in [0.1, 0.15) is 18.5 Å². The van der Waals surface area contributed by atoms with Gasteiger partial charge in [-0.1, -0.05) is 18.2 Å². The molecule has 1 heterocycles. The minimum absolute atomic E-state index is 0.103. The molecule has 1 aromatic rings. The van der Waals surface area contributed by atoms with Crippen molar-refractivity contribution in [2.45, 2.75) is 22.4 Å². The lowest BCUT2D eigenvalue weighted by Gasteiger charge is -2.35. The molecule has 20 heavy (non-hydrogen) atoms. The van der Waals surface area contributed by atoms with Gasteiger partial charge in [0.05, 0.1) is 18.1 Å². The summed E-state index contributed by atoms with van der Waals surface area (Å²) in [4.78, 5) is 12.3. The Balaban J connectivity index is 2.22. The second-order valence-electron chi connectivity index (χ2n) is 4.42. The Bertz CT molecular complexity index is 460. The fourth-order valence-electron chi connectivity index (χ4n) is 2.14. The van der Waals surface area contributed by atoms with E-state index in [2.05, 4.69) is 0 Å². The molecule has 0 spiro atoms. The van der Waals surface area contributed by atoms with E-state index in [1.54, 1.807) is 26.0 Å². The van der Waals surface area contributed by atoms with E-state index in [0.29, 0.717) is 12.2 Å². The van der Waals surface area contributed by atoms with E-state index in [1.807, 2.05) is 30.3 Å². The van der Waals surface area contributed by atoms with Crippen molar-refractivity contribution < 1.29 is 19.0 Å². The lowest BCUT2D eigenvalue weighted by atomic mass is 10.0. The monoisotopic (exact) mass is 294 g/mol. The summed E-state index contributed by atoms with van der Waals surface area (Å²) < 4.78 is 16.2. The number of methoxy groups -OCH3 is 2. The van der Waals surface area contributed by atoms with E-state index in [9.17, 15) is 4.79 Å². The fourth-order valence-corrected chi connectivity index (χ4v) is 3.42. The van der Waals surface area contributed by atoms with Crippen LogP contribution in [0.15, 0.2) is 47.1 Å². The van der Waals surface area contributed by atoms with Crippen LogP contribution in [0.2, 0.25) is 0 Å². The van der Waals surface area contributed by atoms with E-state index in [-0.39, 0.29) is 17.5 Å². The molecule has 0 N–H and O–H groups in total. The molecular formula is C15H18O4S. The molecule has 1 aromatic carbocycles. The van der Waals surface area contributed by atoms with Crippen LogP contribution in [0, 0.1) is 0 Å². The summed E-state index contributed by atoms with van der Waals surface area (Å²) >= 11 is 1.60. The molecule has 0 fully saturated rings. The van der Waals surface area contributed by atoms with E-state index in [1.165, 1.54) is 6.26 Å². The normalized spacial score (nSPS) is 25.7. The van der Waals surface area contributed by atoms with Gasteiger partial charge in [-0.3, -0.25) is 4.79 Å². The number of rotatable bonds is 6. The molecule has 5 heteroatoms. The molecule has 0 amide bonds. The Morgan fingerprint density at radius 2 is 2.05 bits per heavy atom. The molecule has 1 aliphatic heterocycles. The summed E-state index contributed by atoms with van der Waals surface area (Å²) in [6.07, 6.45) is 1.91. The number of carbonyl (C=O) groups is 1. The fraction of sp³-hybridized carbons (Fsp3) is 0.400. The van der Waals surface area contributed by atoms with Gasteiger partial charge >= 0.3 is 0 Å². The summed E-state index contributed by atoms with van der Waals surface area (Å²) in [5.74, 6) is 0. The quantitative estimate of drug-likeness (QED) is 0.753. The van der Waals surface area contributed by atoms with E-state index in [0.717, 1.165) is 11.2 Å². The largest absolute Gasteiger partial charge is 0.492 e. The van der Waals surface area contributed by atoms with Crippen LogP contribution >= 0.6 is 11.8 Å². The van der Waals surface area contributed by atoms with Crippen LogP contribution in [0.25, 0.3) is 0 Å². The van der Waals surface area contributed by atoms with E-state index >= 15 is 0 Å². The first-order valence-electron chi connectivity index (χ1n) is 6.34. The predicted molar refractivity (Wildman–Crippen MR) is 77.8 cm³/mol. The minimum Gasteiger partial charge on any atom is -0.492 e. The number of hydrogen-bond acceptors (Lipinski definition) is 5. The van der Waals surface area contributed by atoms with Crippen molar-refractivity contribution in [2.24, 2.45) is 0 Å². The number of thioether (sulfide) groups is 1. The number of carbonyl (C=O) groups excluding carboxylic acids is 1. The first kappa shape index (κ1) is 15.1. The van der Waals surface area contributed by atoms with Gasteiger partial charge < -0.3 is 14.2 Å². The topological polar surface area (TPSA) is 44.8 Å². The Hall–Kier alpha value is -1.30. The highest BCUT2D eigenvalue weighted by Crippen LogP contribution is 2.35. The molecule has 0 aliphatic carbocycles. The zero-order valence-electron chi connectivity index (χ0n) is 11.5. The maximum absolute atomic E-state index is 11.2. The molecule has 4 nitrogen and oxygen atoms in total. The summed E-state index contributed by atoms with van der Waals surface area (Å²) in [5.41, 5.74) is 0.595. The third-order valence-electron chi connectivity index (χ3n) is 3.12. The third kappa shape index (κ3) is 3.42. The van der Waals surface area contributed by atoms with E-state index in [4.69, 9.17) is 14.2 Å². The second kappa shape index (κ2) is 7.47. The number of aldehydes is 1. The maximum atomic E-state index is 11.2. The zero-order chi connectivity index (χ0) is 14.4. The molecular weight excluding hydrogens is 276 g/mol. The lowest BCUT2D eigenvalue weighted by Crippen LogP contribution is -2.45. The van der Waals surface area contributed by atoms with Crippen LogP contribution in [-0.2, 0) is 19.0 Å². The number of ether oxygens (including phenoxy) is 3. The third-order valence-corrected chi connectivity index (χ3v) is 4.46. The van der Waals surface area contributed by atoms with Crippen LogP contribution in [0.5, 0.6) is 0 Å². The molecule has 0 saturated heterocycles. The first-order valence-corrected chi connectivity index (χ1v) is 7.22. The molecule has 0 bridgehead atoms. The molecule has 0 unspecified atom stereocenters. The first-order chi connectivity index (χ1) is 9.80. The summed E-state index contributed by atoms with van der Waals surface area (Å²) in [6, 6.07) is 9.94. The minimum atomic E-state index is -0.231.